The molecule has 0 bridgehead atoms. The molecule has 24 heavy (non-hydrogen) atoms. The van der Waals surface area contributed by atoms with Crippen molar-refractivity contribution >= 4 is 11.9 Å². The van der Waals surface area contributed by atoms with E-state index in [1.165, 1.54) is 12.5 Å². The minimum atomic E-state index is -0.470. The molecular weight excluding hydrogens is 312 g/mol. The first-order valence-electron chi connectivity index (χ1n) is 7.41. The van der Waals surface area contributed by atoms with E-state index in [9.17, 15) is 9.59 Å². The van der Waals surface area contributed by atoms with Crippen molar-refractivity contribution in [3.05, 3.63) is 60.1 Å². The molecule has 6 nitrogen and oxygen atoms in total. The maximum atomic E-state index is 12.1. The van der Waals surface area contributed by atoms with E-state index in [0.29, 0.717) is 22.3 Å². The van der Waals surface area contributed by atoms with Gasteiger partial charge in [0.25, 0.3) is 0 Å². The van der Waals surface area contributed by atoms with E-state index >= 15 is 0 Å². The summed E-state index contributed by atoms with van der Waals surface area (Å²) in [6.07, 6.45) is 2.56. The molecule has 0 aliphatic rings. The normalized spacial score (nSPS) is 9.75. The Morgan fingerprint density at radius 2 is 1.21 bits per heavy atom. The molecule has 130 valence electrons. The molecule has 0 N–H and O–H groups in total. The molecule has 6 heteroatoms. The molecule has 0 unspecified atom stereocenters. The van der Waals surface area contributed by atoms with E-state index in [0.717, 1.165) is 0 Å². The average molecular weight is 334 g/mol. The molecule has 0 amide bonds. The number of hydrogen-bond acceptors (Lipinski definition) is 6. The number of carbonyl (C=O) groups excluding carboxylic acids is 2. The maximum Gasteiger partial charge on any atom is 0.338 e. The molecule has 1 rings (SSSR count). The van der Waals surface area contributed by atoms with E-state index in [1.807, 2.05) is 0 Å². The van der Waals surface area contributed by atoms with Crippen LogP contribution >= 0.6 is 0 Å². The Balaban J connectivity index is 2.74. The van der Waals surface area contributed by atoms with Crippen molar-refractivity contribution in [3.8, 4) is 0 Å². The topological polar surface area (TPSA) is 71.1 Å². The van der Waals surface area contributed by atoms with Crippen molar-refractivity contribution in [1.82, 2.24) is 0 Å². The van der Waals surface area contributed by atoms with Crippen LogP contribution in [0.25, 0.3) is 0 Å². The van der Waals surface area contributed by atoms with Gasteiger partial charge in [-0.25, -0.2) is 9.59 Å². The quantitative estimate of drug-likeness (QED) is 0.372. The maximum absolute atomic E-state index is 12.1. The van der Waals surface area contributed by atoms with E-state index in [2.05, 4.69) is 13.2 Å². The van der Waals surface area contributed by atoms with Gasteiger partial charge in [0.05, 0.1) is 23.7 Å². The summed E-state index contributed by atoms with van der Waals surface area (Å²) in [7, 11) is 0. The predicted molar refractivity (Wildman–Crippen MR) is 88.8 cm³/mol. The molecule has 0 saturated heterocycles. The summed E-state index contributed by atoms with van der Waals surface area (Å²) >= 11 is 0. The summed E-state index contributed by atoms with van der Waals surface area (Å²) in [6.45, 7) is 11.0. The van der Waals surface area contributed by atoms with Crippen LogP contribution < -0.4 is 0 Å². The summed E-state index contributed by atoms with van der Waals surface area (Å²) in [6, 6.07) is 3.23. The Hall–Kier alpha value is -2.76. The zero-order valence-corrected chi connectivity index (χ0v) is 14.0. The molecule has 1 aromatic carbocycles. The molecule has 0 spiro atoms. The SMILES string of the molecule is C=COCCOC(=O)c1cc(C)c(C(=O)OCCOC=C)cc1C. The Labute approximate surface area is 141 Å². The Morgan fingerprint density at radius 3 is 1.54 bits per heavy atom. The van der Waals surface area contributed by atoms with Crippen LogP contribution in [0.2, 0.25) is 0 Å². The largest absolute Gasteiger partial charge is 0.498 e. The number of ether oxygens (including phenoxy) is 4. The van der Waals surface area contributed by atoms with Gasteiger partial charge in [0.2, 0.25) is 0 Å². The van der Waals surface area contributed by atoms with Crippen LogP contribution in [-0.2, 0) is 18.9 Å². The highest BCUT2D eigenvalue weighted by atomic mass is 16.6. The fourth-order valence-corrected chi connectivity index (χ4v) is 1.94. The highest BCUT2D eigenvalue weighted by Crippen LogP contribution is 2.18. The first kappa shape index (κ1) is 19.3. The van der Waals surface area contributed by atoms with E-state index < -0.39 is 11.9 Å². The monoisotopic (exact) mass is 334 g/mol. The van der Waals surface area contributed by atoms with Crippen LogP contribution in [0.3, 0.4) is 0 Å². The fraction of sp³-hybridized carbons (Fsp3) is 0.333. The highest BCUT2D eigenvalue weighted by molar-refractivity contribution is 5.96. The van der Waals surface area contributed by atoms with E-state index in [-0.39, 0.29) is 26.4 Å². The van der Waals surface area contributed by atoms with Crippen molar-refractivity contribution in [1.29, 1.82) is 0 Å². The first-order chi connectivity index (χ1) is 11.5. The van der Waals surface area contributed by atoms with Gasteiger partial charge in [-0.15, -0.1) is 0 Å². The van der Waals surface area contributed by atoms with Crippen molar-refractivity contribution in [3.63, 3.8) is 0 Å². The minimum absolute atomic E-state index is 0.121. The van der Waals surface area contributed by atoms with Crippen molar-refractivity contribution < 1.29 is 28.5 Å². The lowest BCUT2D eigenvalue weighted by Crippen LogP contribution is -2.14. The zero-order valence-electron chi connectivity index (χ0n) is 14.0. The summed E-state index contributed by atoms with van der Waals surface area (Å²) in [5, 5.41) is 0. The predicted octanol–water partition coefficient (Wildman–Crippen LogP) is 2.94. The van der Waals surface area contributed by atoms with Gasteiger partial charge in [0.15, 0.2) is 0 Å². The third kappa shape index (κ3) is 5.79. The summed E-state index contributed by atoms with van der Waals surface area (Å²) in [4.78, 5) is 24.1. The Kier molecular flexibility index (Phi) is 8.11. The number of rotatable bonds is 10. The second-order valence-corrected chi connectivity index (χ2v) is 4.83. The molecule has 0 saturated carbocycles. The minimum Gasteiger partial charge on any atom is -0.498 e. The lowest BCUT2D eigenvalue weighted by Gasteiger charge is -2.12. The number of hydrogen-bond donors (Lipinski definition) is 0. The second-order valence-electron chi connectivity index (χ2n) is 4.83. The molecule has 0 aliphatic carbocycles. The van der Waals surface area contributed by atoms with Gasteiger partial charge in [-0.3, -0.25) is 0 Å². The molecule has 0 atom stereocenters. The van der Waals surface area contributed by atoms with Crippen LogP contribution in [0, 0.1) is 13.8 Å². The molecule has 0 radical (unpaired) electrons. The average Bonchev–Trinajstić information content (AvgIpc) is 2.57. The fourth-order valence-electron chi connectivity index (χ4n) is 1.94. The lowest BCUT2D eigenvalue weighted by molar-refractivity contribution is 0.0407. The van der Waals surface area contributed by atoms with E-state index in [1.54, 1.807) is 26.0 Å². The highest BCUT2D eigenvalue weighted by Gasteiger charge is 2.17. The van der Waals surface area contributed by atoms with Crippen LogP contribution in [0.1, 0.15) is 31.8 Å². The van der Waals surface area contributed by atoms with Gasteiger partial charge in [-0.05, 0) is 37.1 Å². The van der Waals surface area contributed by atoms with Crippen molar-refractivity contribution in [2.45, 2.75) is 13.8 Å². The number of aryl methyl sites for hydroxylation is 2. The molecule has 1 aromatic rings. The molecule has 0 fully saturated rings. The third-order valence-corrected chi connectivity index (χ3v) is 3.12. The Morgan fingerprint density at radius 1 is 0.833 bits per heavy atom. The van der Waals surface area contributed by atoms with Gasteiger partial charge in [0.1, 0.15) is 26.4 Å². The number of esters is 2. The van der Waals surface area contributed by atoms with Gasteiger partial charge >= 0.3 is 11.9 Å². The molecule has 0 heterocycles. The van der Waals surface area contributed by atoms with Gasteiger partial charge in [0, 0.05) is 0 Å². The Bertz CT molecular complexity index is 552. The summed E-state index contributed by atoms with van der Waals surface area (Å²) < 4.78 is 20.0. The van der Waals surface area contributed by atoms with Gasteiger partial charge in [-0.1, -0.05) is 13.2 Å². The molecule has 0 aliphatic heterocycles. The van der Waals surface area contributed by atoms with Crippen molar-refractivity contribution in [2.24, 2.45) is 0 Å². The first-order valence-corrected chi connectivity index (χ1v) is 7.41. The lowest BCUT2D eigenvalue weighted by atomic mass is 10.00. The zero-order chi connectivity index (χ0) is 17.9. The third-order valence-electron chi connectivity index (χ3n) is 3.12. The van der Waals surface area contributed by atoms with Crippen molar-refractivity contribution in [2.75, 3.05) is 26.4 Å². The van der Waals surface area contributed by atoms with Gasteiger partial charge < -0.3 is 18.9 Å². The number of benzene rings is 1. The number of carbonyl (C=O) groups is 2. The van der Waals surface area contributed by atoms with Crippen LogP contribution in [0.5, 0.6) is 0 Å². The summed E-state index contributed by atoms with van der Waals surface area (Å²) in [5.41, 5.74) is 2.06. The molecular formula is C18H22O6. The van der Waals surface area contributed by atoms with Crippen LogP contribution in [0.15, 0.2) is 37.8 Å². The second kappa shape index (κ2) is 10.1. The standard InChI is InChI=1S/C18H22O6/c1-5-21-7-9-23-17(19)15-11-14(4)16(12-13(15)3)18(20)24-10-8-22-6-2/h5-6,11-12H,1-2,7-10H2,3-4H3. The summed E-state index contributed by atoms with van der Waals surface area (Å²) in [5.74, 6) is -0.940. The molecule has 0 aromatic heterocycles. The van der Waals surface area contributed by atoms with E-state index in [4.69, 9.17) is 18.9 Å². The smallest absolute Gasteiger partial charge is 0.338 e. The van der Waals surface area contributed by atoms with Crippen LogP contribution in [0.4, 0.5) is 0 Å². The van der Waals surface area contributed by atoms with Crippen LogP contribution in [-0.4, -0.2) is 38.4 Å². The van der Waals surface area contributed by atoms with Gasteiger partial charge in [-0.2, -0.15) is 0 Å².